The number of nitrogens with two attached hydrogens (primary N) is 2. The van der Waals surface area contributed by atoms with Gasteiger partial charge in [0.25, 0.3) is 5.56 Å². The van der Waals surface area contributed by atoms with Crippen LogP contribution in [0.1, 0.15) is 53.6 Å². The fourth-order valence-corrected chi connectivity index (χ4v) is 5.90. The van der Waals surface area contributed by atoms with Gasteiger partial charge in [-0.2, -0.15) is 0 Å². The fourth-order valence-electron chi connectivity index (χ4n) is 5.90. The lowest BCUT2D eigenvalue weighted by Crippen LogP contribution is -2.46. The van der Waals surface area contributed by atoms with Gasteiger partial charge in [-0.3, -0.25) is 14.1 Å². The third kappa shape index (κ3) is 3.62. The minimum atomic E-state index is -1.29. The number of carboxylic acids is 1. The molecule has 2 aliphatic heterocycles. The van der Waals surface area contributed by atoms with Crippen molar-refractivity contribution in [3.8, 4) is 0 Å². The molecular formula is C24H32FN5O3. The van der Waals surface area contributed by atoms with E-state index in [0.29, 0.717) is 35.8 Å². The number of aryl methyl sites for hydroxylation is 1. The van der Waals surface area contributed by atoms with Gasteiger partial charge in [0.2, 0.25) is 0 Å². The highest BCUT2D eigenvalue weighted by atomic mass is 19.1. The van der Waals surface area contributed by atoms with Crippen LogP contribution in [0, 0.1) is 18.7 Å². The highest BCUT2D eigenvalue weighted by Gasteiger charge is 2.41. The second-order valence-corrected chi connectivity index (χ2v) is 9.99. The number of fused-ring (bicyclic) bond motifs is 1. The maximum absolute atomic E-state index is 15.5. The van der Waals surface area contributed by atoms with E-state index in [1.165, 1.54) is 10.5 Å². The second kappa shape index (κ2) is 8.07. The molecule has 0 spiro atoms. The first-order valence-corrected chi connectivity index (χ1v) is 11.8. The highest BCUT2D eigenvalue weighted by molar-refractivity contribution is 5.89. The van der Waals surface area contributed by atoms with Crippen molar-refractivity contribution in [2.24, 2.45) is 17.4 Å². The zero-order chi connectivity index (χ0) is 23.6. The summed E-state index contributed by atoms with van der Waals surface area (Å²) in [7, 11) is 0. The molecule has 3 aliphatic rings. The van der Waals surface area contributed by atoms with Gasteiger partial charge in [-0.25, -0.2) is 9.18 Å². The van der Waals surface area contributed by atoms with Gasteiger partial charge in [-0.1, -0.05) is 13.3 Å². The molecule has 2 saturated heterocycles. The van der Waals surface area contributed by atoms with Gasteiger partial charge >= 0.3 is 5.97 Å². The van der Waals surface area contributed by atoms with Crippen molar-refractivity contribution in [2.45, 2.75) is 57.2 Å². The van der Waals surface area contributed by atoms with Crippen LogP contribution in [0.5, 0.6) is 0 Å². The first-order chi connectivity index (χ1) is 15.7. The molecule has 3 fully saturated rings. The number of nitrogens with zero attached hydrogens (tertiary/aromatic N) is 3. The van der Waals surface area contributed by atoms with Gasteiger partial charge in [0.1, 0.15) is 5.56 Å². The number of hydrogen-bond donors (Lipinski definition) is 3. The third-order valence-corrected chi connectivity index (χ3v) is 7.85. The minimum Gasteiger partial charge on any atom is -0.477 e. The Morgan fingerprint density at radius 2 is 1.91 bits per heavy atom. The zero-order valence-electron chi connectivity index (χ0n) is 19.1. The third-order valence-electron chi connectivity index (χ3n) is 7.85. The molecule has 33 heavy (non-hydrogen) atoms. The lowest BCUT2D eigenvalue weighted by atomic mass is 10.0. The van der Waals surface area contributed by atoms with Crippen molar-refractivity contribution in [3.63, 3.8) is 0 Å². The Kier molecular flexibility index (Phi) is 5.46. The highest BCUT2D eigenvalue weighted by Crippen LogP contribution is 2.44. The first kappa shape index (κ1) is 22.3. The number of pyridine rings is 2. The summed E-state index contributed by atoms with van der Waals surface area (Å²) in [4.78, 5) is 28.8. The summed E-state index contributed by atoms with van der Waals surface area (Å²) in [5.41, 5.74) is 14.4. The standard InChI is InChI=1S/C24H32FN5O3/c1-3-13-7-28(9-18(13)26)20-11-29(10-19(20)27)22-12(2)21-15(14-4-5-14)6-16(24(32)33)23(31)30(21)8-17(22)25/h6,8,13-14,18-20H,3-5,7,9-11,26-27H2,1-2H3,(H,32,33)/t13-,18-,19?,20?/m1/s1. The first-order valence-electron chi connectivity index (χ1n) is 11.8. The Hall–Kier alpha value is -2.49. The van der Waals surface area contributed by atoms with Crippen LogP contribution in [0.2, 0.25) is 0 Å². The number of aromatic carboxylic acids is 1. The van der Waals surface area contributed by atoms with Crippen molar-refractivity contribution in [3.05, 3.63) is 45.1 Å². The normalized spacial score (nSPS) is 28.2. The van der Waals surface area contributed by atoms with E-state index in [4.69, 9.17) is 11.5 Å². The number of halogens is 1. The maximum Gasteiger partial charge on any atom is 0.341 e. The average molecular weight is 458 g/mol. The predicted octanol–water partition coefficient (Wildman–Crippen LogP) is 1.51. The largest absolute Gasteiger partial charge is 0.477 e. The van der Waals surface area contributed by atoms with Gasteiger partial charge in [-0.05, 0) is 48.8 Å². The number of hydrogen-bond acceptors (Lipinski definition) is 6. The smallest absolute Gasteiger partial charge is 0.341 e. The van der Waals surface area contributed by atoms with Crippen LogP contribution >= 0.6 is 0 Å². The Balaban J connectivity index is 1.56. The number of carboxylic acid groups (broad SMARTS) is 1. The Bertz CT molecular complexity index is 1180. The van der Waals surface area contributed by atoms with E-state index in [9.17, 15) is 14.7 Å². The topological polar surface area (TPSA) is 117 Å². The van der Waals surface area contributed by atoms with Crippen molar-refractivity contribution in [2.75, 3.05) is 31.1 Å². The molecule has 178 valence electrons. The van der Waals surface area contributed by atoms with Crippen LogP contribution in [-0.2, 0) is 0 Å². The monoisotopic (exact) mass is 457 g/mol. The second-order valence-electron chi connectivity index (χ2n) is 9.99. The Labute approximate surface area is 191 Å². The van der Waals surface area contributed by atoms with Crippen LogP contribution in [-0.4, -0.2) is 64.7 Å². The van der Waals surface area contributed by atoms with Gasteiger partial charge in [0.05, 0.1) is 17.4 Å². The van der Waals surface area contributed by atoms with E-state index in [0.717, 1.165) is 44.1 Å². The van der Waals surface area contributed by atoms with Gasteiger partial charge in [0.15, 0.2) is 5.82 Å². The number of anilines is 1. The zero-order valence-corrected chi connectivity index (χ0v) is 19.1. The van der Waals surface area contributed by atoms with Gasteiger partial charge in [0, 0.05) is 44.3 Å². The lowest BCUT2D eigenvalue weighted by molar-refractivity contribution is 0.0694. The number of aromatic nitrogens is 1. The maximum atomic E-state index is 15.5. The molecule has 5 N–H and O–H groups in total. The van der Waals surface area contributed by atoms with Crippen molar-refractivity contribution in [1.29, 1.82) is 0 Å². The minimum absolute atomic E-state index is 0.0853. The quantitative estimate of drug-likeness (QED) is 0.623. The van der Waals surface area contributed by atoms with E-state index >= 15 is 4.39 Å². The van der Waals surface area contributed by atoms with E-state index < -0.39 is 17.3 Å². The summed E-state index contributed by atoms with van der Waals surface area (Å²) in [5, 5.41) is 9.49. The molecule has 0 bridgehead atoms. The average Bonchev–Trinajstić information content (AvgIpc) is 3.44. The molecule has 0 aromatic carbocycles. The van der Waals surface area contributed by atoms with Crippen LogP contribution in [0.4, 0.5) is 10.1 Å². The molecule has 1 saturated carbocycles. The summed E-state index contributed by atoms with van der Waals surface area (Å²) < 4.78 is 16.7. The molecule has 8 nitrogen and oxygen atoms in total. The van der Waals surface area contributed by atoms with Crippen molar-refractivity contribution >= 4 is 17.2 Å². The molecule has 9 heteroatoms. The fraction of sp³-hybridized carbons (Fsp3) is 0.583. The molecule has 2 aromatic rings. The Morgan fingerprint density at radius 1 is 1.18 bits per heavy atom. The van der Waals surface area contributed by atoms with Crippen LogP contribution < -0.4 is 21.9 Å². The number of carbonyl (C=O) groups is 1. The molecule has 2 unspecified atom stereocenters. The summed E-state index contributed by atoms with van der Waals surface area (Å²) in [6, 6.07) is 1.57. The molecule has 2 aromatic heterocycles. The van der Waals surface area contributed by atoms with Gasteiger partial charge in [-0.15, -0.1) is 0 Å². The molecule has 1 aliphatic carbocycles. The number of likely N-dealkylation sites (tertiary alicyclic amines) is 1. The molecular weight excluding hydrogens is 425 g/mol. The van der Waals surface area contributed by atoms with E-state index in [-0.39, 0.29) is 29.6 Å². The lowest BCUT2D eigenvalue weighted by Gasteiger charge is -2.27. The van der Waals surface area contributed by atoms with Crippen LogP contribution in [0.15, 0.2) is 17.1 Å². The molecule has 0 amide bonds. The molecule has 5 rings (SSSR count). The van der Waals surface area contributed by atoms with Crippen molar-refractivity contribution < 1.29 is 14.3 Å². The summed E-state index contributed by atoms with van der Waals surface area (Å²) in [6.07, 6.45) is 4.04. The SMILES string of the molecule is CC[C@@H]1CN(C2CN(c3c(F)cn4c(=O)c(C(=O)O)cc(C5CC5)c4c3C)CC2N)C[C@H]1N. The van der Waals surface area contributed by atoms with Crippen molar-refractivity contribution in [1.82, 2.24) is 9.30 Å². The van der Waals surface area contributed by atoms with Crippen LogP contribution in [0.25, 0.3) is 5.52 Å². The van der Waals surface area contributed by atoms with E-state index in [2.05, 4.69) is 11.8 Å². The van der Waals surface area contributed by atoms with Gasteiger partial charge < -0.3 is 21.5 Å². The van der Waals surface area contributed by atoms with Crippen LogP contribution in [0.3, 0.4) is 0 Å². The summed E-state index contributed by atoms with van der Waals surface area (Å²) >= 11 is 0. The number of rotatable bonds is 5. The Morgan fingerprint density at radius 3 is 2.52 bits per heavy atom. The van der Waals surface area contributed by atoms with E-state index in [1.807, 2.05) is 11.8 Å². The molecule has 4 atom stereocenters. The predicted molar refractivity (Wildman–Crippen MR) is 125 cm³/mol. The summed E-state index contributed by atoms with van der Waals surface area (Å²) in [6.45, 7) is 6.77. The molecule has 4 heterocycles. The summed E-state index contributed by atoms with van der Waals surface area (Å²) in [5.74, 6) is -1.19. The molecule has 0 radical (unpaired) electrons. The van der Waals surface area contributed by atoms with E-state index in [1.54, 1.807) is 0 Å².